The lowest BCUT2D eigenvalue weighted by molar-refractivity contribution is -0.144. The highest BCUT2D eigenvalue weighted by Gasteiger charge is 2.31. The van der Waals surface area contributed by atoms with Crippen molar-refractivity contribution in [1.29, 1.82) is 0 Å². The number of carbonyl (C=O) groups is 2. The first kappa shape index (κ1) is 19.9. The van der Waals surface area contributed by atoms with Gasteiger partial charge >= 0.3 is 5.97 Å². The molecule has 1 unspecified atom stereocenters. The van der Waals surface area contributed by atoms with Crippen LogP contribution in [0.2, 0.25) is 0 Å². The zero-order chi connectivity index (χ0) is 20.3. The van der Waals surface area contributed by atoms with Crippen molar-refractivity contribution in [3.63, 3.8) is 0 Å². The van der Waals surface area contributed by atoms with Gasteiger partial charge in [-0.15, -0.1) is 0 Å². The second-order valence-corrected chi connectivity index (χ2v) is 8.29. The van der Waals surface area contributed by atoms with Crippen LogP contribution in [0.15, 0.2) is 53.4 Å². The summed E-state index contributed by atoms with van der Waals surface area (Å²) in [7, 11) is -3.80. The van der Waals surface area contributed by atoms with Gasteiger partial charge in [0.2, 0.25) is 0 Å². The van der Waals surface area contributed by atoms with Gasteiger partial charge in [-0.2, -0.15) is 0 Å². The van der Waals surface area contributed by atoms with Crippen LogP contribution in [0.3, 0.4) is 0 Å². The van der Waals surface area contributed by atoms with E-state index >= 15 is 0 Å². The van der Waals surface area contributed by atoms with Gasteiger partial charge in [0.05, 0.1) is 17.2 Å². The molecule has 0 saturated carbocycles. The summed E-state index contributed by atoms with van der Waals surface area (Å²) in [6.45, 7) is 3.76. The Morgan fingerprint density at radius 1 is 1.18 bits per heavy atom. The van der Waals surface area contributed by atoms with E-state index in [-0.39, 0.29) is 17.1 Å². The number of rotatable bonds is 6. The molecule has 0 aromatic heterocycles. The summed E-state index contributed by atoms with van der Waals surface area (Å²) >= 11 is 0. The molecule has 1 aliphatic heterocycles. The second-order valence-electron chi connectivity index (χ2n) is 6.43. The number of ether oxygens (including phenoxy) is 1. The summed E-state index contributed by atoms with van der Waals surface area (Å²) in [6, 6.07) is 12.3. The topological polar surface area (TPSA) is 92.8 Å². The fraction of sp³-hybridized carbons (Fsp3) is 0.300. The van der Waals surface area contributed by atoms with Crippen molar-refractivity contribution in [1.82, 2.24) is 5.32 Å². The quantitative estimate of drug-likeness (QED) is 0.747. The van der Waals surface area contributed by atoms with Crippen LogP contribution in [0.4, 0.5) is 5.69 Å². The number of nitrogens with one attached hydrogen (secondary N) is 1. The van der Waals surface area contributed by atoms with Gasteiger partial charge in [-0.3, -0.25) is 9.10 Å². The molecule has 0 saturated heterocycles. The zero-order valence-corrected chi connectivity index (χ0v) is 16.5. The Morgan fingerprint density at radius 2 is 1.93 bits per heavy atom. The Hall–Kier alpha value is -2.87. The normalized spacial score (nSPS) is 14.3. The van der Waals surface area contributed by atoms with E-state index in [2.05, 4.69) is 5.32 Å². The molecular weight excluding hydrogens is 380 g/mol. The van der Waals surface area contributed by atoms with Crippen molar-refractivity contribution in [3.8, 4) is 0 Å². The van der Waals surface area contributed by atoms with Gasteiger partial charge in [-0.25, -0.2) is 13.2 Å². The zero-order valence-electron chi connectivity index (χ0n) is 15.7. The Balaban J connectivity index is 1.83. The monoisotopic (exact) mass is 402 g/mol. The maximum Gasteiger partial charge on any atom is 0.328 e. The number of carbonyl (C=O) groups excluding carboxylic acids is 2. The molecule has 8 heteroatoms. The van der Waals surface area contributed by atoms with Crippen LogP contribution in [-0.4, -0.2) is 39.5 Å². The molecule has 0 aliphatic carbocycles. The minimum Gasteiger partial charge on any atom is -0.464 e. The number of fused-ring (bicyclic) bond motifs is 1. The van der Waals surface area contributed by atoms with Gasteiger partial charge < -0.3 is 10.1 Å². The van der Waals surface area contributed by atoms with Crippen molar-refractivity contribution >= 4 is 27.6 Å². The van der Waals surface area contributed by atoms with Crippen molar-refractivity contribution in [2.24, 2.45) is 0 Å². The van der Waals surface area contributed by atoms with Crippen LogP contribution in [-0.2, 0) is 26.0 Å². The fourth-order valence-corrected chi connectivity index (χ4v) is 4.64. The summed E-state index contributed by atoms with van der Waals surface area (Å²) in [5.74, 6) is -1.09. The van der Waals surface area contributed by atoms with Crippen LogP contribution in [0, 0.1) is 0 Å². The van der Waals surface area contributed by atoms with Crippen molar-refractivity contribution in [3.05, 3.63) is 59.7 Å². The summed E-state index contributed by atoms with van der Waals surface area (Å²) in [5, 5.41) is 2.52. The minimum absolute atomic E-state index is 0.0284. The maximum absolute atomic E-state index is 13.1. The first-order valence-corrected chi connectivity index (χ1v) is 10.5. The fourth-order valence-electron chi connectivity index (χ4n) is 3.09. The third-order valence-electron chi connectivity index (χ3n) is 4.52. The van der Waals surface area contributed by atoms with Gasteiger partial charge in [-0.1, -0.05) is 24.3 Å². The number of hydrogen-bond acceptors (Lipinski definition) is 5. The standard InChI is InChI=1S/C20H22N2O5S/c1-3-27-20(24)14(2)21-19(23)16-8-6-9-17(13-16)28(25,26)22-12-11-15-7-4-5-10-18(15)22/h4-10,13-14H,3,11-12H2,1-2H3,(H,21,23). The number of hydrogen-bond donors (Lipinski definition) is 1. The molecule has 1 heterocycles. The van der Waals surface area contributed by atoms with E-state index < -0.39 is 27.9 Å². The number of anilines is 1. The number of esters is 1. The van der Waals surface area contributed by atoms with Gasteiger partial charge in [0.1, 0.15) is 6.04 Å². The number of para-hydroxylation sites is 1. The molecule has 1 atom stereocenters. The summed E-state index contributed by atoms with van der Waals surface area (Å²) in [6.07, 6.45) is 0.645. The maximum atomic E-state index is 13.1. The lowest BCUT2D eigenvalue weighted by Gasteiger charge is -2.20. The van der Waals surface area contributed by atoms with E-state index in [0.29, 0.717) is 18.7 Å². The molecule has 0 fully saturated rings. The Labute approximate surface area is 164 Å². The molecule has 7 nitrogen and oxygen atoms in total. The first-order valence-electron chi connectivity index (χ1n) is 9.02. The highest BCUT2D eigenvalue weighted by molar-refractivity contribution is 7.92. The lowest BCUT2D eigenvalue weighted by Crippen LogP contribution is -2.39. The molecule has 1 amide bonds. The summed E-state index contributed by atoms with van der Waals surface area (Å²) in [4.78, 5) is 24.2. The third kappa shape index (κ3) is 3.87. The smallest absolute Gasteiger partial charge is 0.328 e. The molecule has 2 aromatic rings. The van der Waals surface area contributed by atoms with E-state index in [9.17, 15) is 18.0 Å². The van der Waals surface area contributed by atoms with Gasteiger partial charge in [0.25, 0.3) is 15.9 Å². The third-order valence-corrected chi connectivity index (χ3v) is 6.33. The molecule has 0 spiro atoms. The highest BCUT2D eigenvalue weighted by Crippen LogP contribution is 2.32. The molecular formula is C20H22N2O5S. The van der Waals surface area contributed by atoms with Crippen LogP contribution in [0.5, 0.6) is 0 Å². The van der Waals surface area contributed by atoms with Gasteiger partial charge in [0, 0.05) is 12.1 Å². The summed E-state index contributed by atoms with van der Waals surface area (Å²) in [5.41, 5.74) is 1.79. The Kier molecular flexibility index (Phi) is 5.69. The van der Waals surface area contributed by atoms with E-state index in [1.165, 1.54) is 35.5 Å². The largest absolute Gasteiger partial charge is 0.464 e. The van der Waals surface area contributed by atoms with Crippen LogP contribution < -0.4 is 9.62 Å². The molecule has 3 rings (SSSR count). The van der Waals surface area contributed by atoms with Crippen LogP contribution in [0.25, 0.3) is 0 Å². The van der Waals surface area contributed by atoms with Gasteiger partial charge in [0.15, 0.2) is 0 Å². The predicted octanol–water partition coefficient (Wildman–Crippen LogP) is 2.12. The number of nitrogens with zero attached hydrogens (tertiary/aromatic N) is 1. The SMILES string of the molecule is CCOC(=O)C(C)NC(=O)c1cccc(S(=O)(=O)N2CCc3ccccc32)c1. The van der Waals surface area contributed by atoms with E-state index in [0.717, 1.165) is 5.56 Å². The summed E-state index contributed by atoms with van der Waals surface area (Å²) < 4.78 is 32.4. The average molecular weight is 402 g/mol. The van der Waals surface area contributed by atoms with Crippen molar-refractivity contribution in [2.45, 2.75) is 31.2 Å². The Bertz CT molecular complexity index is 1000. The molecule has 1 aliphatic rings. The second kappa shape index (κ2) is 8.02. The highest BCUT2D eigenvalue weighted by atomic mass is 32.2. The molecule has 1 N–H and O–H groups in total. The average Bonchev–Trinajstić information content (AvgIpc) is 3.13. The van der Waals surface area contributed by atoms with Crippen molar-refractivity contribution < 1.29 is 22.7 Å². The van der Waals surface area contributed by atoms with Crippen molar-refractivity contribution in [2.75, 3.05) is 17.5 Å². The molecule has 28 heavy (non-hydrogen) atoms. The van der Waals surface area contributed by atoms with Crippen LogP contribution in [0.1, 0.15) is 29.8 Å². The van der Waals surface area contributed by atoms with Crippen LogP contribution >= 0.6 is 0 Å². The molecule has 2 aromatic carbocycles. The van der Waals surface area contributed by atoms with E-state index in [4.69, 9.17) is 4.74 Å². The number of benzene rings is 2. The minimum atomic E-state index is -3.80. The Morgan fingerprint density at radius 3 is 2.68 bits per heavy atom. The van der Waals surface area contributed by atoms with E-state index in [1.54, 1.807) is 19.1 Å². The lowest BCUT2D eigenvalue weighted by atomic mass is 10.2. The van der Waals surface area contributed by atoms with Gasteiger partial charge in [-0.05, 0) is 50.1 Å². The predicted molar refractivity (Wildman–Crippen MR) is 105 cm³/mol. The molecule has 148 valence electrons. The molecule has 0 radical (unpaired) electrons. The molecule has 0 bridgehead atoms. The number of amides is 1. The number of sulfonamides is 1. The van der Waals surface area contributed by atoms with E-state index in [1.807, 2.05) is 12.1 Å². The first-order chi connectivity index (χ1) is 13.3.